The Balaban J connectivity index is 1.99. The van der Waals surface area contributed by atoms with Gasteiger partial charge in [-0.1, -0.05) is 17.7 Å². The predicted octanol–water partition coefficient (Wildman–Crippen LogP) is 1.51. The highest BCUT2D eigenvalue weighted by Gasteiger charge is 2.32. The van der Waals surface area contributed by atoms with Gasteiger partial charge in [-0.05, 0) is 32.9 Å². The number of aryl methyl sites for hydroxylation is 1. The molecule has 23 heavy (non-hydrogen) atoms. The number of nitrogens with zero attached hydrogens (tertiary/aromatic N) is 2. The highest BCUT2D eigenvalue weighted by Crippen LogP contribution is 2.22. The molecule has 1 saturated heterocycles. The van der Waals surface area contributed by atoms with Crippen LogP contribution in [0.4, 0.5) is 10.5 Å². The number of rotatable bonds is 5. The van der Waals surface area contributed by atoms with Crippen molar-refractivity contribution in [3.8, 4) is 0 Å². The molecule has 2 rings (SSSR count). The first-order valence-corrected chi connectivity index (χ1v) is 7.97. The average Bonchev–Trinajstić information content (AvgIpc) is 2.85. The van der Waals surface area contributed by atoms with Crippen LogP contribution < -0.4 is 10.2 Å². The molecular weight excluding hydrogens is 294 g/mol. The zero-order chi connectivity index (χ0) is 17.0. The topological polar surface area (TPSA) is 72.9 Å². The van der Waals surface area contributed by atoms with Crippen LogP contribution in [0.15, 0.2) is 24.3 Å². The number of hydrogen-bond donors (Lipinski definition) is 2. The van der Waals surface area contributed by atoms with Crippen LogP contribution in [0, 0.1) is 6.92 Å². The van der Waals surface area contributed by atoms with Gasteiger partial charge in [0, 0.05) is 31.2 Å². The van der Waals surface area contributed by atoms with E-state index in [9.17, 15) is 9.59 Å². The lowest BCUT2D eigenvalue weighted by Gasteiger charge is -2.27. The maximum atomic E-state index is 12.3. The van der Waals surface area contributed by atoms with Crippen molar-refractivity contribution in [2.75, 3.05) is 24.6 Å². The van der Waals surface area contributed by atoms with E-state index in [-0.39, 0.29) is 37.2 Å². The average molecular weight is 319 g/mol. The maximum Gasteiger partial charge on any atom is 0.318 e. The van der Waals surface area contributed by atoms with Crippen molar-refractivity contribution >= 4 is 17.6 Å². The summed E-state index contributed by atoms with van der Waals surface area (Å²) in [4.78, 5) is 27.8. The third kappa shape index (κ3) is 4.22. The molecule has 0 bridgehead atoms. The van der Waals surface area contributed by atoms with Crippen LogP contribution >= 0.6 is 0 Å². The summed E-state index contributed by atoms with van der Waals surface area (Å²) in [5.74, 6) is 0.0115. The second-order valence-electron chi connectivity index (χ2n) is 6.20. The van der Waals surface area contributed by atoms with Crippen LogP contribution in [-0.4, -0.2) is 53.7 Å². The van der Waals surface area contributed by atoms with Crippen LogP contribution in [-0.2, 0) is 4.79 Å². The molecule has 126 valence electrons. The van der Waals surface area contributed by atoms with Crippen LogP contribution in [0.2, 0.25) is 0 Å². The van der Waals surface area contributed by atoms with Gasteiger partial charge in [-0.3, -0.25) is 4.79 Å². The minimum absolute atomic E-state index is 0.00699. The lowest BCUT2D eigenvalue weighted by molar-refractivity contribution is -0.117. The van der Waals surface area contributed by atoms with Crippen LogP contribution in [0.3, 0.4) is 0 Å². The predicted molar refractivity (Wildman–Crippen MR) is 89.4 cm³/mol. The Bertz CT molecular complexity index is 557. The number of carbonyl (C=O) groups excluding carboxylic acids is 2. The Morgan fingerprint density at radius 2 is 2.04 bits per heavy atom. The number of aliphatic hydroxyl groups excluding tert-OH is 1. The summed E-state index contributed by atoms with van der Waals surface area (Å²) >= 11 is 0. The summed E-state index contributed by atoms with van der Waals surface area (Å²) in [6.07, 6.45) is 0.296. The van der Waals surface area contributed by atoms with E-state index in [2.05, 4.69) is 5.32 Å². The Hall–Kier alpha value is -2.08. The lowest BCUT2D eigenvalue weighted by atomic mass is 10.2. The summed E-state index contributed by atoms with van der Waals surface area (Å²) < 4.78 is 0. The van der Waals surface area contributed by atoms with Gasteiger partial charge in [0.15, 0.2) is 0 Å². The summed E-state index contributed by atoms with van der Waals surface area (Å²) in [5.41, 5.74) is 2.00. The Morgan fingerprint density at radius 1 is 1.39 bits per heavy atom. The SMILES string of the molecule is Cc1ccc(N2C[C@H](NC(=O)N(CCO)C(C)C)CC2=O)cc1. The van der Waals surface area contributed by atoms with Gasteiger partial charge in [0.2, 0.25) is 5.91 Å². The summed E-state index contributed by atoms with van der Waals surface area (Å²) in [7, 11) is 0. The van der Waals surface area contributed by atoms with E-state index in [1.165, 1.54) is 0 Å². The highest BCUT2D eigenvalue weighted by molar-refractivity contribution is 5.96. The molecule has 2 N–H and O–H groups in total. The minimum atomic E-state index is -0.238. The molecule has 3 amide bonds. The van der Waals surface area contributed by atoms with Gasteiger partial charge in [-0.25, -0.2) is 4.79 Å². The fraction of sp³-hybridized carbons (Fsp3) is 0.529. The van der Waals surface area contributed by atoms with Crippen molar-refractivity contribution in [1.82, 2.24) is 10.2 Å². The van der Waals surface area contributed by atoms with Crippen molar-refractivity contribution in [3.05, 3.63) is 29.8 Å². The van der Waals surface area contributed by atoms with Crippen molar-refractivity contribution in [1.29, 1.82) is 0 Å². The molecule has 6 heteroatoms. The molecule has 1 aliphatic rings. The number of urea groups is 1. The fourth-order valence-electron chi connectivity index (χ4n) is 2.74. The van der Waals surface area contributed by atoms with E-state index in [4.69, 9.17) is 5.11 Å². The number of anilines is 1. The van der Waals surface area contributed by atoms with E-state index in [0.29, 0.717) is 13.0 Å². The summed E-state index contributed by atoms with van der Waals surface area (Å²) in [6, 6.07) is 7.32. The van der Waals surface area contributed by atoms with Gasteiger partial charge < -0.3 is 20.2 Å². The van der Waals surface area contributed by atoms with E-state index in [1.807, 2.05) is 45.0 Å². The molecule has 0 saturated carbocycles. The molecule has 0 aromatic heterocycles. The molecule has 0 spiro atoms. The van der Waals surface area contributed by atoms with Gasteiger partial charge in [0.25, 0.3) is 0 Å². The van der Waals surface area contributed by atoms with Crippen LogP contribution in [0.1, 0.15) is 25.8 Å². The van der Waals surface area contributed by atoms with Crippen molar-refractivity contribution < 1.29 is 14.7 Å². The molecule has 6 nitrogen and oxygen atoms in total. The van der Waals surface area contributed by atoms with Gasteiger partial charge in [0.05, 0.1) is 12.6 Å². The number of carbonyl (C=O) groups is 2. The van der Waals surface area contributed by atoms with Crippen molar-refractivity contribution in [3.63, 3.8) is 0 Å². The molecule has 0 aliphatic carbocycles. The monoisotopic (exact) mass is 319 g/mol. The maximum absolute atomic E-state index is 12.3. The molecule has 0 unspecified atom stereocenters. The fourth-order valence-corrected chi connectivity index (χ4v) is 2.74. The first-order valence-electron chi connectivity index (χ1n) is 7.97. The van der Waals surface area contributed by atoms with Crippen LogP contribution in [0.5, 0.6) is 0 Å². The zero-order valence-electron chi connectivity index (χ0n) is 14.0. The number of aliphatic hydroxyl groups is 1. The molecule has 1 aliphatic heterocycles. The van der Waals surface area contributed by atoms with E-state index >= 15 is 0 Å². The van der Waals surface area contributed by atoms with Gasteiger partial charge in [-0.2, -0.15) is 0 Å². The lowest BCUT2D eigenvalue weighted by Crippen LogP contribution is -2.49. The molecule has 1 aromatic rings. The number of amides is 3. The van der Waals surface area contributed by atoms with Crippen molar-refractivity contribution in [2.24, 2.45) is 0 Å². The normalized spacial score (nSPS) is 17.7. The Kier molecular flexibility index (Phi) is 5.60. The van der Waals surface area contributed by atoms with E-state index in [0.717, 1.165) is 11.3 Å². The summed E-state index contributed by atoms with van der Waals surface area (Å²) in [6.45, 7) is 6.47. The largest absolute Gasteiger partial charge is 0.395 e. The van der Waals surface area contributed by atoms with Gasteiger partial charge >= 0.3 is 6.03 Å². The third-order valence-corrected chi connectivity index (χ3v) is 4.02. The number of nitrogens with one attached hydrogen (secondary N) is 1. The molecular formula is C17H25N3O3. The number of hydrogen-bond acceptors (Lipinski definition) is 3. The molecule has 1 fully saturated rings. The van der Waals surface area contributed by atoms with Crippen molar-refractivity contribution in [2.45, 2.75) is 39.3 Å². The second-order valence-corrected chi connectivity index (χ2v) is 6.20. The zero-order valence-corrected chi connectivity index (χ0v) is 14.0. The smallest absolute Gasteiger partial charge is 0.318 e. The third-order valence-electron chi connectivity index (χ3n) is 4.02. The van der Waals surface area contributed by atoms with Crippen LogP contribution in [0.25, 0.3) is 0 Å². The quantitative estimate of drug-likeness (QED) is 0.864. The van der Waals surface area contributed by atoms with Gasteiger partial charge in [0.1, 0.15) is 0 Å². The number of benzene rings is 1. The molecule has 1 heterocycles. The standard InChI is InChI=1S/C17H25N3O3/c1-12(2)19(8-9-21)17(23)18-14-10-16(22)20(11-14)15-6-4-13(3)5-7-15/h4-7,12,14,21H,8-11H2,1-3H3,(H,18,23)/t14-/m1/s1. The first-order chi connectivity index (χ1) is 10.9. The first kappa shape index (κ1) is 17.3. The molecule has 1 aromatic carbocycles. The van der Waals surface area contributed by atoms with E-state index in [1.54, 1.807) is 9.80 Å². The second kappa shape index (κ2) is 7.46. The Morgan fingerprint density at radius 3 is 2.61 bits per heavy atom. The minimum Gasteiger partial charge on any atom is -0.395 e. The Labute approximate surface area is 137 Å². The molecule has 1 atom stereocenters. The molecule has 0 radical (unpaired) electrons. The summed E-state index contributed by atoms with van der Waals surface area (Å²) in [5, 5.41) is 12.0. The van der Waals surface area contributed by atoms with Gasteiger partial charge in [-0.15, -0.1) is 0 Å². The highest BCUT2D eigenvalue weighted by atomic mass is 16.3. The van der Waals surface area contributed by atoms with E-state index < -0.39 is 0 Å².